The SMILES string of the molecule is CN1CCC(C(=O)N(Cc2ccccc2)CC(O)c2ccco2)CC1. The summed E-state index contributed by atoms with van der Waals surface area (Å²) >= 11 is 0. The third-order valence-corrected chi connectivity index (χ3v) is 4.86. The van der Waals surface area contributed by atoms with Gasteiger partial charge in [-0.15, -0.1) is 0 Å². The number of rotatable bonds is 6. The van der Waals surface area contributed by atoms with Gasteiger partial charge in [0.25, 0.3) is 0 Å². The highest BCUT2D eigenvalue weighted by molar-refractivity contribution is 5.79. The van der Waals surface area contributed by atoms with E-state index < -0.39 is 6.10 Å². The summed E-state index contributed by atoms with van der Waals surface area (Å²) in [7, 11) is 2.09. The van der Waals surface area contributed by atoms with Crippen LogP contribution in [0.3, 0.4) is 0 Å². The van der Waals surface area contributed by atoms with Crippen LogP contribution in [0.2, 0.25) is 0 Å². The van der Waals surface area contributed by atoms with Crippen molar-refractivity contribution >= 4 is 5.91 Å². The summed E-state index contributed by atoms with van der Waals surface area (Å²) < 4.78 is 5.29. The summed E-state index contributed by atoms with van der Waals surface area (Å²) in [4.78, 5) is 17.1. The average Bonchev–Trinajstić information content (AvgIpc) is 3.17. The van der Waals surface area contributed by atoms with E-state index in [1.54, 1.807) is 23.3 Å². The molecule has 1 fully saturated rings. The number of carbonyl (C=O) groups is 1. The first kappa shape index (κ1) is 17.7. The predicted molar refractivity (Wildman–Crippen MR) is 95.7 cm³/mol. The van der Waals surface area contributed by atoms with Crippen molar-refractivity contribution in [3.63, 3.8) is 0 Å². The molecule has 2 aromatic rings. The maximum atomic E-state index is 13.1. The summed E-state index contributed by atoms with van der Waals surface area (Å²) in [6.07, 6.45) is 2.47. The van der Waals surface area contributed by atoms with Gasteiger partial charge >= 0.3 is 0 Å². The van der Waals surface area contributed by atoms with Crippen molar-refractivity contribution < 1.29 is 14.3 Å². The van der Waals surface area contributed by atoms with Gasteiger partial charge in [0.2, 0.25) is 5.91 Å². The molecule has 134 valence electrons. The number of nitrogens with zero attached hydrogens (tertiary/aromatic N) is 2. The zero-order valence-corrected chi connectivity index (χ0v) is 14.7. The van der Waals surface area contributed by atoms with E-state index in [2.05, 4.69) is 11.9 Å². The molecule has 1 aliphatic rings. The second-order valence-electron chi connectivity index (χ2n) is 6.81. The van der Waals surface area contributed by atoms with Gasteiger partial charge in [-0.05, 0) is 50.7 Å². The molecular weight excluding hydrogens is 316 g/mol. The monoisotopic (exact) mass is 342 g/mol. The summed E-state index contributed by atoms with van der Waals surface area (Å²) in [5.74, 6) is 0.653. The molecule has 0 aliphatic carbocycles. The fraction of sp³-hybridized carbons (Fsp3) is 0.450. The molecule has 1 N–H and O–H groups in total. The van der Waals surface area contributed by atoms with Gasteiger partial charge in [-0.1, -0.05) is 30.3 Å². The van der Waals surface area contributed by atoms with E-state index >= 15 is 0 Å². The predicted octanol–water partition coefficient (Wildman–Crippen LogP) is 2.68. The molecule has 2 heterocycles. The maximum absolute atomic E-state index is 13.1. The van der Waals surface area contributed by atoms with Crippen LogP contribution in [-0.2, 0) is 11.3 Å². The van der Waals surface area contributed by atoms with Gasteiger partial charge in [0.05, 0.1) is 12.8 Å². The van der Waals surface area contributed by atoms with E-state index in [-0.39, 0.29) is 18.4 Å². The van der Waals surface area contributed by atoms with Gasteiger partial charge in [-0.2, -0.15) is 0 Å². The number of likely N-dealkylation sites (tertiary alicyclic amines) is 1. The highest BCUT2D eigenvalue weighted by Gasteiger charge is 2.29. The third-order valence-electron chi connectivity index (χ3n) is 4.86. The lowest BCUT2D eigenvalue weighted by Gasteiger charge is -2.33. The minimum absolute atomic E-state index is 0.0312. The molecule has 1 aliphatic heterocycles. The summed E-state index contributed by atoms with van der Waals surface area (Å²) in [6, 6.07) is 13.4. The van der Waals surface area contributed by atoms with Crippen LogP contribution in [-0.4, -0.2) is 47.5 Å². The van der Waals surface area contributed by atoms with Crippen molar-refractivity contribution in [2.45, 2.75) is 25.5 Å². The van der Waals surface area contributed by atoms with E-state index in [1.165, 1.54) is 0 Å². The Morgan fingerprint density at radius 2 is 1.96 bits per heavy atom. The molecule has 1 unspecified atom stereocenters. The minimum atomic E-state index is -0.811. The van der Waals surface area contributed by atoms with Crippen LogP contribution in [0.1, 0.15) is 30.3 Å². The average molecular weight is 342 g/mol. The zero-order valence-electron chi connectivity index (χ0n) is 14.7. The van der Waals surface area contributed by atoms with Crippen LogP contribution in [0.5, 0.6) is 0 Å². The summed E-state index contributed by atoms with van der Waals surface area (Å²) in [5.41, 5.74) is 1.07. The molecule has 0 saturated carbocycles. The number of furan rings is 1. The van der Waals surface area contributed by atoms with Gasteiger partial charge in [0.1, 0.15) is 11.9 Å². The number of piperidine rings is 1. The van der Waals surface area contributed by atoms with Crippen LogP contribution < -0.4 is 0 Å². The Morgan fingerprint density at radius 1 is 1.24 bits per heavy atom. The second kappa shape index (κ2) is 8.32. The van der Waals surface area contributed by atoms with Crippen LogP contribution in [0.15, 0.2) is 53.1 Å². The normalized spacial score (nSPS) is 17.4. The number of aliphatic hydroxyl groups is 1. The first-order valence-corrected chi connectivity index (χ1v) is 8.86. The molecule has 1 aromatic carbocycles. The number of hydrogen-bond donors (Lipinski definition) is 1. The molecule has 0 bridgehead atoms. The molecule has 1 saturated heterocycles. The first-order valence-electron chi connectivity index (χ1n) is 8.86. The largest absolute Gasteiger partial charge is 0.467 e. The van der Waals surface area contributed by atoms with E-state index in [0.29, 0.717) is 12.3 Å². The van der Waals surface area contributed by atoms with E-state index in [9.17, 15) is 9.90 Å². The Hall–Kier alpha value is -2.11. The Kier molecular flexibility index (Phi) is 5.89. The summed E-state index contributed by atoms with van der Waals surface area (Å²) in [5, 5.41) is 10.5. The zero-order chi connectivity index (χ0) is 17.6. The van der Waals surface area contributed by atoms with Crippen molar-refractivity contribution in [1.82, 2.24) is 9.80 Å². The van der Waals surface area contributed by atoms with Crippen molar-refractivity contribution in [2.24, 2.45) is 5.92 Å². The lowest BCUT2D eigenvalue weighted by molar-refractivity contribution is -0.139. The smallest absolute Gasteiger partial charge is 0.226 e. The molecular formula is C20H26N2O3. The molecule has 25 heavy (non-hydrogen) atoms. The quantitative estimate of drug-likeness (QED) is 0.877. The lowest BCUT2D eigenvalue weighted by Crippen LogP contribution is -2.42. The van der Waals surface area contributed by atoms with Crippen LogP contribution in [0, 0.1) is 5.92 Å². The Morgan fingerprint density at radius 3 is 2.60 bits per heavy atom. The molecule has 0 radical (unpaired) electrons. The van der Waals surface area contributed by atoms with E-state index in [1.807, 2.05) is 30.3 Å². The van der Waals surface area contributed by atoms with E-state index in [4.69, 9.17) is 4.42 Å². The molecule has 1 amide bonds. The Bertz CT molecular complexity index is 649. The molecule has 5 heteroatoms. The van der Waals surface area contributed by atoms with Crippen molar-refractivity contribution in [2.75, 3.05) is 26.7 Å². The molecule has 1 atom stereocenters. The number of benzene rings is 1. The molecule has 3 rings (SSSR count). The van der Waals surface area contributed by atoms with Crippen molar-refractivity contribution in [3.8, 4) is 0 Å². The fourth-order valence-electron chi connectivity index (χ4n) is 3.33. The number of aliphatic hydroxyl groups excluding tert-OH is 1. The van der Waals surface area contributed by atoms with Gasteiger partial charge < -0.3 is 19.3 Å². The first-order chi connectivity index (χ1) is 12.1. The highest BCUT2D eigenvalue weighted by atomic mass is 16.4. The number of hydrogen-bond acceptors (Lipinski definition) is 4. The lowest BCUT2D eigenvalue weighted by atomic mass is 9.95. The molecule has 0 spiro atoms. The number of amides is 1. The van der Waals surface area contributed by atoms with Crippen LogP contribution in [0.25, 0.3) is 0 Å². The van der Waals surface area contributed by atoms with Crippen molar-refractivity contribution in [3.05, 3.63) is 60.1 Å². The fourth-order valence-corrected chi connectivity index (χ4v) is 3.33. The molecule has 5 nitrogen and oxygen atoms in total. The topological polar surface area (TPSA) is 56.9 Å². The van der Waals surface area contributed by atoms with E-state index in [0.717, 1.165) is 31.5 Å². The molecule has 1 aromatic heterocycles. The summed E-state index contributed by atoms with van der Waals surface area (Å²) in [6.45, 7) is 2.63. The van der Waals surface area contributed by atoms with Gasteiger partial charge in [0, 0.05) is 12.5 Å². The Balaban J connectivity index is 1.72. The van der Waals surface area contributed by atoms with Crippen LogP contribution >= 0.6 is 0 Å². The second-order valence-corrected chi connectivity index (χ2v) is 6.81. The van der Waals surface area contributed by atoms with Gasteiger partial charge in [-0.25, -0.2) is 0 Å². The standard InChI is InChI=1S/C20H26N2O3/c1-21-11-9-17(10-12-21)20(24)22(14-16-6-3-2-4-7-16)15-18(23)19-8-5-13-25-19/h2-8,13,17-18,23H,9-12,14-15H2,1H3. The highest BCUT2D eigenvalue weighted by Crippen LogP contribution is 2.23. The third kappa shape index (κ3) is 4.71. The number of carbonyl (C=O) groups excluding carboxylic acids is 1. The maximum Gasteiger partial charge on any atom is 0.226 e. The Labute approximate surface area is 148 Å². The van der Waals surface area contributed by atoms with Crippen LogP contribution in [0.4, 0.5) is 0 Å². The van der Waals surface area contributed by atoms with Gasteiger partial charge in [-0.3, -0.25) is 4.79 Å². The van der Waals surface area contributed by atoms with Crippen molar-refractivity contribution in [1.29, 1.82) is 0 Å². The minimum Gasteiger partial charge on any atom is -0.467 e. The van der Waals surface area contributed by atoms with Gasteiger partial charge in [0.15, 0.2) is 0 Å².